The molecule has 5 heteroatoms. The van der Waals surface area contributed by atoms with Crippen molar-refractivity contribution in [2.24, 2.45) is 0 Å². The van der Waals surface area contributed by atoms with Gasteiger partial charge in [-0.2, -0.15) is 0 Å². The zero-order chi connectivity index (χ0) is 35.7. The lowest BCUT2D eigenvalue weighted by Gasteiger charge is -2.26. The van der Waals surface area contributed by atoms with Gasteiger partial charge in [0.05, 0.1) is 0 Å². The summed E-state index contributed by atoms with van der Waals surface area (Å²) in [5.74, 6) is 4.58. The van der Waals surface area contributed by atoms with Crippen LogP contribution in [0.1, 0.15) is 0 Å². The van der Waals surface area contributed by atoms with Crippen molar-refractivity contribution in [1.82, 2.24) is 0 Å². The molecule has 0 aliphatic rings. The molecule has 0 aliphatic carbocycles. The molecule has 0 heterocycles. The second-order valence-corrected chi connectivity index (χ2v) is 12.3. The molecule has 8 rings (SSSR count). The molecule has 0 spiro atoms. The Labute approximate surface area is 310 Å². The Morgan fingerprint density at radius 1 is 0.208 bits per heavy atom. The summed E-state index contributed by atoms with van der Waals surface area (Å²) in [6.07, 6.45) is 0. The molecule has 0 amide bonds. The molecule has 0 aliphatic heterocycles. The standard InChI is InChI=1S/C48H36N2O3/c1-5-15-37(16-6-1)49(41-19-13-25-47(35-41)52-43-21-9-3-10-22-43)39-27-31-45(32-28-39)51-46-33-29-40(30-34-46)50(38-17-7-2-8-18-38)42-20-14-26-48(36-42)53-44-23-11-4-12-24-44/h1-36H. The Balaban J connectivity index is 1.03. The predicted molar refractivity (Wildman–Crippen MR) is 215 cm³/mol. The average molecular weight is 689 g/mol. The van der Waals surface area contributed by atoms with Crippen LogP contribution >= 0.6 is 0 Å². The number of para-hydroxylation sites is 4. The van der Waals surface area contributed by atoms with Crippen LogP contribution in [0, 0.1) is 0 Å². The Kier molecular flexibility index (Phi) is 9.79. The lowest BCUT2D eigenvalue weighted by atomic mass is 10.1. The minimum atomic E-state index is 0.737. The summed E-state index contributed by atoms with van der Waals surface area (Å²) in [4.78, 5) is 4.41. The van der Waals surface area contributed by atoms with E-state index in [0.717, 1.165) is 68.6 Å². The van der Waals surface area contributed by atoms with E-state index in [1.54, 1.807) is 0 Å². The first-order valence-corrected chi connectivity index (χ1v) is 17.5. The first kappa shape index (κ1) is 32.9. The SMILES string of the molecule is c1ccc(Oc2cccc(N(c3ccccc3)c3ccc(Oc4ccc(N(c5ccccc5)c5cccc(Oc6ccccc6)c5)cc4)cc3)c2)cc1. The van der Waals surface area contributed by atoms with Crippen molar-refractivity contribution < 1.29 is 14.2 Å². The zero-order valence-electron chi connectivity index (χ0n) is 28.9. The maximum Gasteiger partial charge on any atom is 0.129 e. The monoisotopic (exact) mass is 688 g/mol. The van der Waals surface area contributed by atoms with Gasteiger partial charge in [-0.3, -0.25) is 0 Å². The van der Waals surface area contributed by atoms with Crippen LogP contribution in [0.25, 0.3) is 0 Å². The fourth-order valence-electron chi connectivity index (χ4n) is 6.13. The largest absolute Gasteiger partial charge is 0.457 e. The Hall–Kier alpha value is -7.24. The fourth-order valence-corrected chi connectivity index (χ4v) is 6.13. The van der Waals surface area contributed by atoms with Crippen LogP contribution in [-0.4, -0.2) is 0 Å². The van der Waals surface area contributed by atoms with Gasteiger partial charge in [0.1, 0.15) is 34.5 Å². The topological polar surface area (TPSA) is 34.2 Å². The third-order valence-electron chi connectivity index (χ3n) is 8.56. The van der Waals surface area contributed by atoms with Crippen LogP contribution in [0.15, 0.2) is 218 Å². The first-order chi connectivity index (χ1) is 26.2. The maximum absolute atomic E-state index is 6.36. The molecule has 256 valence electrons. The minimum absolute atomic E-state index is 0.737. The zero-order valence-corrected chi connectivity index (χ0v) is 28.9. The highest BCUT2D eigenvalue weighted by Crippen LogP contribution is 2.40. The molecule has 8 aromatic rings. The number of nitrogens with zero attached hydrogens (tertiary/aromatic N) is 2. The molecule has 5 nitrogen and oxygen atoms in total. The van der Waals surface area contributed by atoms with Gasteiger partial charge in [-0.1, -0.05) is 84.9 Å². The lowest BCUT2D eigenvalue weighted by molar-refractivity contribution is 0.482. The fraction of sp³-hybridized carbons (Fsp3) is 0. The van der Waals surface area contributed by atoms with Crippen molar-refractivity contribution in [1.29, 1.82) is 0 Å². The molecule has 0 atom stereocenters. The van der Waals surface area contributed by atoms with E-state index in [9.17, 15) is 0 Å². The first-order valence-electron chi connectivity index (χ1n) is 17.5. The minimum Gasteiger partial charge on any atom is -0.457 e. The van der Waals surface area contributed by atoms with Gasteiger partial charge in [-0.05, 0) is 121 Å². The summed E-state index contributed by atoms with van der Waals surface area (Å²) in [7, 11) is 0. The van der Waals surface area contributed by atoms with E-state index in [1.165, 1.54) is 0 Å². The molecule has 53 heavy (non-hydrogen) atoms. The molecule has 0 N–H and O–H groups in total. The van der Waals surface area contributed by atoms with Crippen molar-refractivity contribution >= 4 is 34.1 Å². The summed E-state index contributed by atoms with van der Waals surface area (Å²) >= 11 is 0. The Morgan fingerprint density at radius 3 is 0.849 bits per heavy atom. The summed E-state index contributed by atoms with van der Waals surface area (Å²) in [5, 5.41) is 0. The van der Waals surface area contributed by atoms with Crippen molar-refractivity contribution in [2.75, 3.05) is 9.80 Å². The van der Waals surface area contributed by atoms with Gasteiger partial charge >= 0.3 is 0 Å². The molecule has 8 aromatic carbocycles. The summed E-state index contributed by atoms with van der Waals surface area (Å²) < 4.78 is 18.7. The predicted octanol–water partition coefficient (Wildman–Crippen LogP) is 14.0. The average Bonchev–Trinajstić information content (AvgIpc) is 3.21. The molecule has 0 saturated heterocycles. The highest BCUT2D eigenvalue weighted by Gasteiger charge is 2.16. The molecule has 0 radical (unpaired) electrons. The van der Waals surface area contributed by atoms with E-state index in [1.807, 2.05) is 146 Å². The maximum atomic E-state index is 6.36. The van der Waals surface area contributed by atoms with Gasteiger partial charge < -0.3 is 24.0 Å². The van der Waals surface area contributed by atoms with Crippen LogP contribution < -0.4 is 24.0 Å². The summed E-state index contributed by atoms with van der Waals surface area (Å²) in [6, 6.07) is 72.8. The molecular formula is C48H36N2O3. The van der Waals surface area contributed by atoms with Gasteiger partial charge in [0.15, 0.2) is 0 Å². The van der Waals surface area contributed by atoms with Crippen LogP contribution in [0.2, 0.25) is 0 Å². The van der Waals surface area contributed by atoms with Crippen molar-refractivity contribution in [3.05, 3.63) is 218 Å². The highest BCUT2D eigenvalue weighted by molar-refractivity contribution is 5.78. The molecule has 0 fully saturated rings. The second kappa shape index (κ2) is 15.8. The van der Waals surface area contributed by atoms with Crippen molar-refractivity contribution in [2.45, 2.75) is 0 Å². The molecule has 0 bridgehead atoms. The lowest BCUT2D eigenvalue weighted by Crippen LogP contribution is -2.10. The number of benzene rings is 8. The molecule has 0 unspecified atom stereocenters. The van der Waals surface area contributed by atoms with Crippen LogP contribution in [-0.2, 0) is 0 Å². The van der Waals surface area contributed by atoms with Gasteiger partial charge in [0, 0.05) is 46.3 Å². The second-order valence-electron chi connectivity index (χ2n) is 12.3. The van der Waals surface area contributed by atoms with E-state index < -0.39 is 0 Å². The molecule has 0 aromatic heterocycles. The Bertz CT molecular complexity index is 2180. The third-order valence-corrected chi connectivity index (χ3v) is 8.56. The number of hydrogen-bond acceptors (Lipinski definition) is 5. The van der Waals surface area contributed by atoms with Gasteiger partial charge in [-0.25, -0.2) is 0 Å². The van der Waals surface area contributed by atoms with Crippen LogP contribution in [0.4, 0.5) is 34.1 Å². The quantitative estimate of drug-likeness (QED) is 0.128. The van der Waals surface area contributed by atoms with Crippen LogP contribution in [0.5, 0.6) is 34.5 Å². The van der Waals surface area contributed by atoms with Crippen molar-refractivity contribution in [3.8, 4) is 34.5 Å². The summed E-state index contributed by atoms with van der Waals surface area (Å²) in [6.45, 7) is 0. The Morgan fingerprint density at radius 2 is 0.472 bits per heavy atom. The van der Waals surface area contributed by atoms with E-state index in [4.69, 9.17) is 14.2 Å². The van der Waals surface area contributed by atoms with E-state index in [0.29, 0.717) is 0 Å². The molecule has 0 saturated carbocycles. The number of hydrogen-bond donors (Lipinski definition) is 0. The smallest absolute Gasteiger partial charge is 0.129 e. The van der Waals surface area contributed by atoms with E-state index in [-0.39, 0.29) is 0 Å². The van der Waals surface area contributed by atoms with Gasteiger partial charge in [0.2, 0.25) is 0 Å². The van der Waals surface area contributed by atoms with Crippen molar-refractivity contribution in [3.63, 3.8) is 0 Å². The summed E-state index contributed by atoms with van der Waals surface area (Å²) in [5.41, 5.74) is 6.02. The number of anilines is 6. The van der Waals surface area contributed by atoms with Crippen LogP contribution in [0.3, 0.4) is 0 Å². The third kappa shape index (κ3) is 8.06. The number of rotatable bonds is 12. The molecular weight excluding hydrogens is 653 g/mol. The van der Waals surface area contributed by atoms with Gasteiger partial charge in [0.25, 0.3) is 0 Å². The van der Waals surface area contributed by atoms with Gasteiger partial charge in [-0.15, -0.1) is 0 Å². The highest BCUT2D eigenvalue weighted by atomic mass is 16.5. The normalized spacial score (nSPS) is 10.6. The number of ether oxygens (including phenoxy) is 3. The van der Waals surface area contributed by atoms with E-state index in [2.05, 4.69) is 82.6 Å². The van der Waals surface area contributed by atoms with E-state index >= 15 is 0 Å².